The molecule has 4 aromatic rings. The van der Waals surface area contributed by atoms with E-state index in [0.717, 1.165) is 22.4 Å². The molecule has 0 spiro atoms. The van der Waals surface area contributed by atoms with Gasteiger partial charge in [-0.25, -0.2) is 4.99 Å². The number of aliphatic imine (C=N–C) groups is 1. The number of carbonyl (C=O) groups is 1. The van der Waals surface area contributed by atoms with Gasteiger partial charge in [-0.1, -0.05) is 54.6 Å². The molecule has 214 valence electrons. The Hall–Kier alpha value is -4.21. The zero-order valence-corrected chi connectivity index (χ0v) is 25.5. The fourth-order valence-electron chi connectivity index (χ4n) is 4.14. The highest BCUT2D eigenvalue weighted by atomic mass is 79.9. The number of carbonyl (C=O) groups excluding carboxylic acids is 1. The highest BCUT2D eigenvalue weighted by molar-refractivity contribution is 9.10. The summed E-state index contributed by atoms with van der Waals surface area (Å²) in [4.78, 5) is 17.6. The first kappa shape index (κ1) is 29.3. The van der Waals surface area contributed by atoms with Crippen molar-refractivity contribution in [1.29, 1.82) is 0 Å². The van der Waals surface area contributed by atoms with Crippen LogP contribution in [0.5, 0.6) is 23.0 Å². The van der Waals surface area contributed by atoms with Crippen LogP contribution in [0, 0.1) is 0 Å². The lowest BCUT2D eigenvalue weighted by Crippen LogP contribution is -2.19. The lowest BCUT2D eigenvalue weighted by molar-refractivity contribution is -0.115. The Morgan fingerprint density at radius 1 is 0.833 bits per heavy atom. The molecule has 0 atom stereocenters. The van der Waals surface area contributed by atoms with E-state index in [1.165, 1.54) is 11.8 Å². The maximum atomic E-state index is 12.6. The Bertz CT molecular complexity index is 1610. The SMILES string of the molecule is CCOc1cc(COc2c(Br)cc(/C=C3/SC(=Nc4ccccc4)NC3=O)cc2OC)ccc1OCc1ccccc1. The summed E-state index contributed by atoms with van der Waals surface area (Å²) in [6, 6.07) is 29.0. The summed E-state index contributed by atoms with van der Waals surface area (Å²) < 4.78 is 24.4. The first-order chi connectivity index (χ1) is 20.5. The van der Waals surface area contributed by atoms with Crippen molar-refractivity contribution in [3.8, 4) is 23.0 Å². The number of para-hydroxylation sites is 1. The van der Waals surface area contributed by atoms with Crippen molar-refractivity contribution in [3.63, 3.8) is 0 Å². The van der Waals surface area contributed by atoms with Gasteiger partial charge in [-0.3, -0.25) is 4.79 Å². The number of rotatable bonds is 11. The largest absolute Gasteiger partial charge is 0.493 e. The van der Waals surface area contributed by atoms with Crippen LogP contribution in [0.25, 0.3) is 6.08 Å². The predicted octanol–water partition coefficient (Wildman–Crippen LogP) is 7.91. The van der Waals surface area contributed by atoms with Crippen LogP contribution >= 0.6 is 27.7 Å². The van der Waals surface area contributed by atoms with Gasteiger partial charge < -0.3 is 24.3 Å². The monoisotopic (exact) mass is 644 g/mol. The highest BCUT2D eigenvalue weighted by Gasteiger charge is 2.24. The average molecular weight is 646 g/mol. The number of halogens is 1. The summed E-state index contributed by atoms with van der Waals surface area (Å²) in [5.41, 5.74) is 3.55. The number of nitrogens with one attached hydrogen (secondary N) is 1. The van der Waals surface area contributed by atoms with Gasteiger partial charge in [0, 0.05) is 0 Å². The fourth-order valence-corrected chi connectivity index (χ4v) is 5.55. The van der Waals surface area contributed by atoms with Gasteiger partial charge in [0.1, 0.15) is 13.2 Å². The van der Waals surface area contributed by atoms with E-state index in [2.05, 4.69) is 26.2 Å². The zero-order chi connectivity index (χ0) is 29.3. The number of nitrogens with zero attached hydrogens (tertiary/aromatic N) is 1. The van der Waals surface area contributed by atoms with Crippen LogP contribution in [0.3, 0.4) is 0 Å². The fraction of sp³-hybridized carbons (Fsp3) is 0.152. The van der Waals surface area contributed by atoms with E-state index in [9.17, 15) is 4.79 Å². The molecule has 0 radical (unpaired) electrons. The van der Waals surface area contributed by atoms with Crippen LogP contribution in [0.1, 0.15) is 23.6 Å². The molecule has 1 N–H and O–H groups in total. The van der Waals surface area contributed by atoms with Crippen molar-refractivity contribution in [2.24, 2.45) is 4.99 Å². The molecule has 1 saturated heterocycles. The molecule has 1 heterocycles. The van der Waals surface area contributed by atoms with Crippen molar-refractivity contribution >= 4 is 50.5 Å². The number of benzene rings is 4. The van der Waals surface area contributed by atoms with Gasteiger partial charge >= 0.3 is 0 Å². The van der Waals surface area contributed by atoms with Crippen LogP contribution in [-0.2, 0) is 18.0 Å². The normalized spacial score (nSPS) is 14.6. The molecule has 1 amide bonds. The van der Waals surface area contributed by atoms with Crippen molar-refractivity contribution in [3.05, 3.63) is 117 Å². The Kier molecular flexibility index (Phi) is 9.84. The summed E-state index contributed by atoms with van der Waals surface area (Å²) in [6.45, 7) is 3.18. The lowest BCUT2D eigenvalue weighted by Gasteiger charge is -2.16. The van der Waals surface area contributed by atoms with Crippen LogP contribution < -0.4 is 24.3 Å². The van der Waals surface area contributed by atoms with E-state index in [1.807, 2.05) is 97.9 Å². The van der Waals surface area contributed by atoms with Gasteiger partial charge in [0.2, 0.25) is 0 Å². The number of hydrogen-bond acceptors (Lipinski definition) is 7. The molecule has 7 nitrogen and oxygen atoms in total. The smallest absolute Gasteiger partial charge is 0.264 e. The lowest BCUT2D eigenvalue weighted by atomic mass is 10.1. The second-order valence-electron chi connectivity index (χ2n) is 9.13. The van der Waals surface area contributed by atoms with E-state index in [1.54, 1.807) is 13.2 Å². The highest BCUT2D eigenvalue weighted by Crippen LogP contribution is 2.39. The summed E-state index contributed by atoms with van der Waals surface area (Å²) in [6.07, 6.45) is 1.80. The van der Waals surface area contributed by atoms with Gasteiger partial charge in [0.15, 0.2) is 28.2 Å². The molecule has 1 aliphatic heterocycles. The number of hydrogen-bond donors (Lipinski definition) is 1. The predicted molar refractivity (Wildman–Crippen MR) is 171 cm³/mol. The van der Waals surface area contributed by atoms with Crippen molar-refractivity contribution < 1.29 is 23.7 Å². The Morgan fingerprint density at radius 3 is 2.31 bits per heavy atom. The minimum absolute atomic E-state index is 0.202. The quantitative estimate of drug-likeness (QED) is 0.167. The van der Waals surface area contributed by atoms with E-state index < -0.39 is 0 Å². The maximum absolute atomic E-state index is 12.6. The zero-order valence-electron chi connectivity index (χ0n) is 23.1. The third-order valence-corrected chi connectivity index (χ3v) is 7.61. The van der Waals surface area contributed by atoms with Crippen LogP contribution in [-0.4, -0.2) is 24.8 Å². The van der Waals surface area contributed by atoms with Gasteiger partial charge in [-0.15, -0.1) is 0 Å². The minimum Gasteiger partial charge on any atom is -0.493 e. The molecular formula is C33H29BrN2O5S. The summed E-state index contributed by atoms with van der Waals surface area (Å²) >= 11 is 4.91. The molecule has 0 saturated carbocycles. The molecule has 9 heteroatoms. The topological polar surface area (TPSA) is 78.4 Å². The molecule has 42 heavy (non-hydrogen) atoms. The second kappa shape index (κ2) is 14.1. The molecular weight excluding hydrogens is 616 g/mol. The minimum atomic E-state index is -0.202. The molecule has 0 bridgehead atoms. The molecule has 0 unspecified atom stereocenters. The summed E-state index contributed by atoms with van der Waals surface area (Å²) in [5.74, 6) is 2.21. The van der Waals surface area contributed by atoms with Crippen molar-refractivity contribution in [1.82, 2.24) is 5.32 Å². The first-order valence-corrected chi connectivity index (χ1v) is 14.9. The summed E-state index contributed by atoms with van der Waals surface area (Å²) in [5, 5.41) is 3.35. The molecule has 1 aliphatic rings. The molecule has 1 fully saturated rings. The van der Waals surface area contributed by atoms with E-state index >= 15 is 0 Å². The first-order valence-electron chi connectivity index (χ1n) is 13.3. The van der Waals surface area contributed by atoms with Gasteiger partial charge in [0.05, 0.1) is 28.8 Å². The summed E-state index contributed by atoms with van der Waals surface area (Å²) in [7, 11) is 1.58. The number of amidine groups is 1. The molecule has 0 aromatic heterocycles. The number of methoxy groups -OCH3 is 1. The Labute approximate surface area is 257 Å². The van der Waals surface area contributed by atoms with Gasteiger partial charge in [-0.05, 0) is 93.8 Å². The standard InChI is InChI=1S/C33H29BrN2O5S/c1-3-39-28-17-23(14-15-27(28)40-20-22-10-6-4-7-11-22)21-41-31-26(34)16-24(18-29(31)38-2)19-30-32(37)36-33(42-30)35-25-12-8-5-9-13-25/h4-19H,3,20-21H2,1-2H3,(H,35,36,37)/b30-19+. The van der Waals surface area contributed by atoms with Crippen molar-refractivity contribution in [2.45, 2.75) is 20.1 Å². The van der Waals surface area contributed by atoms with E-state index in [4.69, 9.17) is 18.9 Å². The molecule has 0 aliphatic carbocycles. The third-order valence-electron chi connectivity index (χ3n) is 6.12. The van der Waals surface area contributed by atoms with Gasteiger partial charge in [0.25, 0.3) is 5.91 Å². The molecule has 5 rings (SSSR count). The maximum Gasteiger partial charge on any atom is 0.264 e. The average Bonchev–Trinajstić information content (AvgIpc) is 3.34. The third kappa shape index (κ3) is 7.54. The Morgan fingerprint density at radius 2 is 1.57 bits per heavy atom. The van der Waals surface area contributed by atoms with Crippen LogP contribution in [0.15, 0.2) is 105 Å². The van der Waals surface area contributed by atoms with Gasteiger partial charge in [-0.2, -0.15) is 0 Å². The number of thioether (sulfide) groups is 1. The molecule has 4 aromatic carbocycles. The van der Waals surface area contributed by atoms with Crippen molar-refractivity contribution in [2.75, 3.05) is 13.7 Å². The number of ether oxygens (including phenoxy) is 4. The van der Waals surface area contributed by atoms with Crippen LogP contribution in [0.2, 0.25) is 0 Å². The Balaban J connectivity index is 1.28. The number of amides is 1. The second-order valence-corrected chi connectivity index (χ2v) is 11.0. The van der Waals surface area contributed by atoms with E-state index in [0.29, 0.717) is 50.8 Å². The van der Waals surface area contributed by atoms with E-state index in [-0.39, 0.29) is 12.5 Å². The van der Waals surface area contributed by atoms with Crippen LogP contribution in [0.4, 0.5) is 5.69 Å².